The summed E-state index contributed by atoms with van der Waals surface area (Å²) >= 11 is 0. The van der Waals surface area contributed by atoms with Crippen LogP contribution in [-0.4, -0.2) is 51.4 Å². The fraction of sp³-hybridized carbons (Fsp3) is 0.240. The fourth-order valence-electron chi connectivity index (χ4n) is 3.14. The van der Waals surface area contributed by atoms with Crippen molar-refractivity contribution in [3.63, 3.8) is 0 Å². The number of ether oxygens (including phenoxy) is 2. The van der Waals surface area contributed by atoms with Crippen LogP contribution < -0.4 is 15.4 Å². The lowest BCUT2D eigenvalue weighted by Gasteiger charge is -2.22. The van der Waals surface area contributed by atoms with Crippen LogP contribution in [0, 0.1) is 11.3 Å². The van der Waals surface area contributed by atoms with E-state index >= 15 is 0 Å². The lowest BCUT2D eigenvalue weighted by molar-refractivity contribution is -0.139. The maximum absolute atomic E-state index is 12.7. The van der Waals surface area contributed by atoms with E-state index in [-0.39, 0.29) is 16.5 Å². The second-order valence-electron chi connectivity index (χ2n) is 8.64. The number of nitrogens with one attached hydrogen (secondary N) is 2. The first-order valence-electron chi connectivity index (χ1n) is 10.8. The molecule has 186 valence electrons. The van der Waals surface area contributed by atoms with E-state index < -0.39 is 47.6 Å². The molecule has 1 atom stereocenters. The number of carbonyl (C=O) groups is 3. The van der Waals surface area contributed by atoms with E-state index in [1.807, 2.05) is 12.1 Å². The molecule has 0 bridgehead atoms. The number of carbonyl (C=O) groups excluding carboxylic acids is 2. The van der Waals surface area contributed by atoms with Gasteiger partial charge in [-0.3, -0.25) is 4.79 Å². The third-order valence-electron chi connectivity index (χ3n) is 4.70. The van der Waals surface area contributed by atoms with Crippen LogP contribution in [0.4, 0.5) is 4.79 Å². The van der Waals surface area contributed by atoms with E-state index in [4.69, 9.17) is 9.47 Å². The topological polar surface area (TPSA) is 171 Å². The first-order valence-corrected chi connectivity index (χ1v) is 10.8. The molecule has 3 aromatic rings. The summed E-state index contributed by atoms with van der Waals surface area (Å²) in [5, 5.41) is 34.5. The number of fused-ring (bicyclic) bond motifs is 1. The number of rotatable bonds is 7. The predicted octanol–water partition coefficient (Wildman–Crippen LogP) is 3.31. The number of carboxylic acids is 1. The maximum atomic E-state index is 12.7. The molecule has 1 unspecified atom stereocenters. The number of para-hydroxylation sites is 1. The Morgan fingerprint density at radius 2 is 1.78 bits per heavy atom. The van der Waals surface area contributed by atoms with Gasteiger partial charge in [0.25, 0.3) is 5.91 Å². The molecule has 11 heteroatoms. The molecule has 2 amide bonds. The Labute approximate surface area is 206 Å². The van der Waals surface area contributed by atoms with E-state index in [0.717, 1.165) is 0 Å². The van der Waals surface area contributed by atoms with Crippen LogP contribution in [0.3, 0.4) is 0 Å². The summed E-state index contributed by atoms with van der Waals surface area (Å²) in [7, 11) is 0. The van der Waals surface area contributed by atoms with Crippen molar-refractivity contribution in [3.8, 4) is 23.3 Å². The van der Waals surface area contributed by atoms with Crippen LogP contribution >= 0.6 is 0 Å². The highest BCUT2D eigenvalue weighted by atomic mass is 16.6. The highest BCUT2D eigenvalue weighted by molar-refractivity contribution is 6.03. The lowest BCUT2D eigenvalue weighted by atomic mass is 10.1. The molecule has 0 aliphatic rings. The fourth-order valence-corrected chi connectivity index (χ4v) is 3.14. The highest BCUT2D eigenvalue weighted by Crippen LogP contribution is 2.33. The molecule has 0 radical (unpaired) electrons. The minimum atomic E-state index is -1.51. The van der Waals surface area contributed by atoms with E-state index in [1.165, 1.54) is 12.1 Å². The number of nitrogens with zero attached hydrogens (tertiary/aromatic N) is 2. The van der Waals surface area contributed by atoms with Gasteiger partial charge in [0, 0.05) is 17.3 Å². The average Bonchev–Trinajstić information content (AvgIpc) is 2.81. The van der Waals surface area contributed by atoms with Crippen LogP contribution in [0.2, 0.25) is 0 Å². The number of hydrogen-bond acceptors (Lipinski definition) is 8. The van der Waals surface area contributed by atoms with Crippen molar-refractivity contribution in [1.82, 2.24) is 15.6 Å². The third kappa shape index (κ3) is 6.38. The lowest BCUT2D eigenvalue weighted by Crippen LogP contribution is -2.49. The summed E-state index contributed by atoms with van der Waals surface area (Å²) in [6, 6.07) is 13.9. The van der Waals surface area contributed by atoms with Gasteiger partial charge in [-0.15, -0.1) is 0 Å². The molecule has 4 N–H and O–H groups in total. The van der Waals surface area contributed by atoms with E-state index in [9.17, 15) is 29.9 Å². The molecule has 1 heterocycles. The highest BCUT2D eigenvalue weighted by Gasteiger charge is 2.26. The van der Waals surface area contributed by atoms with Gasteiger partial charge in [-0.1, -0.05) is 18.2 Å². The van der Waals surface area contributed by atoms with Crippen LogP contribution in [-0.2, 0) is 9.53 Å². The quantitative estimate of drug-likeness (QED) is 0.386. The SMILES string of the molecule is CC(C)(C)OC(=O)NC(CNC(=O)c1nc(C#N)c2cc(Oc3ccccc3)ccc2c1O)C(=O)O. The van der Waals surface area contributed by atoms with Crippen molar-refractivity contribution in [2.45, 2.75) is 32.4 Å². The monoisotopic (exact) mass is 492 g/mol. The molecule has 0 aliphatic carbocycles. The minimum Gasteiger partial charge on any atom is -0.505 e. The summed E-state index contributed by atoms with van der Waals surface area (Å²) in [5.74, 6) is -1.90. The van der Waals surface area contributed by atoms with Crippen LogP contribution in [0.1, 0.15) is 37.0 Å². The van der Waals surface area contributed by atoms with Crippen LogP contribution in [0.25, 0.3) is 10.8 Å². The number of aromatic hydroxyl groups is 1. The van der Waals surface area contributed by atoms with Crippen molar-refractivity contribution >= 4 is 28.7 Å². The van der Waals surface area contributed by atoms with E-state index in [1.54, 1.807) is 51.1 Å². The molecule has 0 fully saturated rings. The molecule has 0 aliphatic heterocycles. The van der Waals surface area contributed by atoms with Crippen molar-refractivity contribution < 1.29 is 34.1 Å². The first kappa shape index (κ1) is 25.8. The van der Waals surface area contributed by atoms with Gasteiger partial charge in [-0.25, -0.2) is 14.6 Å². The van der Waals surface area contributed by atoms with Crippen LogP contribution in [0.5, 0.6) is 17.2 Å². The van der Waals surface area contributed by atoms with Gasteiger partial charge >= 0.3 is 12.1 Å². The van der Waals surface area contributed by atoms with Crippen molar-refractivity contribution in [2.24, 2.45) is 0 Å². The standard InChI is InChI=1S/C25H24N4O7/c1-25(2,3)36-24(34)29-19(23(32)33)13-27-22(31)20-21(30)16-10-9-15(11-17(16)18(12-26)28-20)35-14-7-5-4-6-8-14/h4-11,19,30H,13H2,1-3H3,(H,27,31)(H,29,34)(H,32,33). The Morgan fingerprint density at radius 3 is 2.39 bits per heavy atom. The van der Waals surface area contributed by atoms with Gasteiger partial charge < -0.3 is 30.3 Å². The van der Waals surface area contributed by atoms with Gasteiger partial charge in [0.15, 0.2) is 11.4 Å². The second kappa shape index (κ2) is 10.6. The number of hydrogen-bond donors (Lipinski definition) is 4. The zero-order chi connectivity index (χ0) is 26.5. The number of benzene rings is 2. The molecule has 0 saturated heterocycles. The molecule has 1 aromatic heterocycles. The Bertz CT molecular complexity index is 1340. The van der Waals surface area contributed by atoms with E-state index in [0.29, 0.717) is 11.5 Å². The van der Waals surface area contributed by atoms with Gasteiger partial charge in [0.1, 0.15) is 34.9 Å². The number of pyridine rings is 1. The number of amides is 2. The van der Waals surface area contributed by atoms with Gasteiger partial charge in [-0.2, -0.15) is 5.26 Å². The van der Waals surface area contributed by atoms with Gasteiger partial charge in [0.05, 0.1) is 0 Å². The van der Waals surface area contributed by atoms with E-state index in [2.05, 4.69) is 15.6 Å². The Balaban J connectivity index is 1.81. The largest absolute Gasteiger partial charge is 0.505 e. The number of alkyl carbamates (subject to hydrolysis) is 1. The zero-order valence-electron chi connectivity index (χ0n) is 19.7. The number of nitriles is 1. The number of aliphatic carboxylic acids is 1. The number of aromatic nitrogens is 1. The number of carboxylic acid groups (broad SMARTS) is 1. The molecular weight excluding hydrogens is 468 g/mol. The van der Waals surface area contributed by atoms with Gasteiger partial charge in [-0.05, 0) is 51.1 Å². The smallest absolute Gasteiger partial charge is 0.408 e. The second-order valence-corrected chi connectivity index (χ2v) is 8.64. The molecular formula is C25H24N4O7. The summed E-state index contributed by atoms with van der Waals surface area (Å²) < 4.78 is 10.8. The zero-order valence-corrected chi connectivity index (χ0v) is 19.7. The van der Waals surface area contributed by atoms with Crippen molar-refractivity contribution in [2.75, 3.05) is 6.54 Å². The maximum Gasteiger partial charge on any atom is 0.408 e. The third-order valence-corrected chi connectivity index (χ3v) is 4.70. The summed E-state index contributed by atoms with van der Waals surface area (Å²) in [6.07, 6.45) is -0.976. The average molecular weight is 492 g/mol. The summed E-state index contributed by atoms with van der Waals surface area (Å²) in [6.45, 7) is 4.31. The molecule has 36 heavy (non-hydrogen) atoms. The Kier molecular flexibility index (Phi) is 7.59. The first-order chi connectivity index (χ1) is 17.0. The Hall–Kier alpha value is -4.85. The van der Waals surface area contributed by atoms with Crippen molar-refractivity contribution in [3.05, 3.63) is 59.9 Å². The summed E-state index contributed by atoms with van der Waals surface area (Å²) in [5.41, 5.74) is -1.47. The summed E-state index contributed by atoms with van der Waals surface area (Å²) in [4.78, 5) is 40.1. The van der Waals surface area contributed by atoms with Crippen molar-refractivity contribution in [1.29, 1.82) is 5.26 Å². The van der Waals surface area contributed by atoms with Gasteiger partial charge in [0.2, 0.25) is 0 Å². The predicted molar refractivity (Wildman–Crippen MR) is 128 cm³/mol. The Morgan fingerprint density at radius 1 is 1.08 bits per heavy atom. The molecule has 2 aromatic carbocycles. The van der Waals surface area contributed by atoms with Crippen LogP contribution in [0.15, 0.2) is 48.5 Å². The minimum absolute atomic E-state index is 0.145. The molecule has 0 saturated carbocycles. The molecule has 11 nitrogen and oxygen atoms in total. The normalized spacial score (nSPS) is 11.7. The molecule has 3 rings (SSSR count). The molecule has 0 spiro atoms.